The lowest BCUT2D eigenvalue weighted by Crippen LogP contribution is -2.09. The summed E-state index contributed by atoms with van der Waals surface area (Å²) in [6.45, 7) is 11.0. The minimum Gasteiger partial charge on any atom is -0.305 e. The van der Waals surface area contributed by atoms with Crippen molar-refractivity contribution < 1.29 is 13.6 Å². The van der Waals surface area contributed by atoms with Gasteiger partial charge in [-0.2, -0.15) is 0 Å². The van der Waals surface area contributed by atoms with Crippen molar-refractivity contribution in [1.82, 2.24) is 0 Å². The molecule has 0 amide bonds. The van der Waals surface area contributed by atoms with Crippen LogP contribution in [0.15, 0.2) is 12.7 Å². The van der Waals surface area contributed by atoms with Crippen molar-refractivity contribution >= 4 is 19.4 Å². The third-order valence-electron chi connectivity index (χ3n) is 1.23. The molecule has 0 N–H and O–H groups in total. The minimum absolute atomic E-state index is 0.0843. The quantitative estimate of drug-likeness (QED) is 0.373. The molecule has 0 aromatic rings. The second kappa shape index (κ2) is 7.50. The maximum atomic E-state index is 12.2. The summed E-state index contributed by atoms with van der Waals surface area (Å²) in [5.74, 6) is 0.757. The fourth-order valence-electron chi connectivity index (χ4n) is 0.976. The standard InChI is InChI=1S/C10H21O3PS/c1-6-7-15-8-14(11,12-9(2)3)13-10(4)5/h6,9-10H,1,7-8H2,2-5H3. The highest BCUT2D eigenvalue weighted by molar-refractivity contribution is 8.04. The summed E-state index contributed by atoms with van der Waals surface area (Å²) in [7, 11) is -2.95. The van der Waals surface area contributed by atoms with Gasteiger partial charge in [-0.3, -0.25) is 4.57 Å². The summed E-state index contributed by atoms with van der Waals surface area (Å²) in [4.78, 5) is 0. The molecule has 0 bridgehead atoms. The Labute approximate surface area is 97.1 Å². The fraction of sp³-hybridized carbons (Fsp3) is 0.800. The lowest BCUT2D eigenvalue weighted by atomic mass is 10.5. The molecule has 0 atom stereocenters. The maximum Gasteiger partial charge on any atom is 0.340 e. The lowest BCUT2D eigenvalue weighted by molar-refractivity contribution is 0.145. The Morgan fingerprint density at radius 2 is 1.73 bits per heavy atom. The van der Waals surface area contributed by atoms with Crippen LogP contribution in [-0.2, 0) is 13.6 Å². The maximum absolute atomic E-state index is 12.2. The highest BCUT2D eigenvalue weighted by Crippen LogP contribution is 2.52. The average molecular weight is 252 g/mol. The summed E-state index contributed by atoms with van der Waals surface area (Å²) in [5, 5.41) is 0. The van der Waals surface area contributed by atoms with E-state index in [0.29, 0.717) is 5.49 Å². The SMILES string of the molecule is C=CCSCP(=O)(OC(C)C)OC(C)C. The number of rotatable bonds is 8. The molecule has 0 aromatic heterocycles. The zero-order valence-corrected chi connectivity index (χ0v) is 11.6. The molecule has 0 aliphatic rings. The molecule has 0 radical (unpaired) electrons. The van der Waals surface area contributed by atoms with Crippen molar-refractivity contribution in [1.29, 1.82) is 0 Å². The largest absolute Gasteiger partial charge is 0.340 e. The van der Waals surface area contributed by atoms with Crippen LogP contribution in [0, 0.1) is 0 Å². The van der Waals surface area contributed by atoms with E-state index in [1.807, 2.05) is 27.7 Å². The van der Waals surface area contributed by atoms with E-state index in [2.05, 4.69) is 6.58 Å². The summed E-state index contributed by atoms with van der Waals surface area (Å²) >= 11 is 1.51. The van der Waals surface area contributed by atoms with E-state index in [0.717, 1.165) is 5.75 Å². The van der Waals surface area contributed by atoms with Crippen LogP contribution in [0.4, 0.5) is 0 Å². The van der Waals surface area contributed by atoms with Gasteiger partial charge >= 0.3 is 7.60 Å². The smallest absolute Gasteiger partial charge is 0.305 e. The van der Waals surface area contributed by atoms with E-state index >= 15 is 0 Å². The summed E-state index contributed by atoms with van der Waals surface area (Å²) in [5.41, 5.74) is 0.384. The van der Waals surface area contributed by atoms with Crippen LogP contribution in [0.3, 0.4) is 0 Å². The molecule has 0 fully saturated rings. The van der Waals surface area contributed by atoms with Crippen LogP contribution in [-0.4, -0.2) is 23.5 Å². The molecule has 0 saturated heterocycles. The molecule has 0 aliphatic carbocycles. The van der Waals surface area contributed by atoms with Gasteiger partial charge in [-0.25, -0.2) is 0 Å². The van der Waals surface area contributed by atoms with Crippen molar-refractivity contribution in [2.75, 3.05) is 11.2 Å². The van der Waals surface area contributed by atoms with Crippen LogP contribution in [0.1, 0.15) is 27.7 Å². The topological polar surface area (TPSA) is 35.5 Å². The first-order valence-electron chi connectivity index (χ1n) is 5.04. The van der Waals surface area contributed by atoms with Crippen LogP contribution in [0.25, 0.3) is 0 Å². The van der Waals surface area contributed by atoms with Gasteiger partial charge in [0.05, 0.1) is 17.7 Å². The van der Waals surface area contributed by atoms with Gasteiger partial charge < -0.3 is 9.05 Å². The third-order valence-corrected chi connectivity index (χ3v) is 5.18. The molecule has 3 nitrogen and oxygen atoms in total. The zero-order chi connectivity index (χ0) is 11.9. The molecule has 0 aromatic carbocycles. The molecule has 15 heavy (non-hydrogen) atoms. The predicted octanol–water partition coefficient (Wildman–Crippen LogP) is 3.91. The first-order valence-corrected chi connectivity index (χ1v) is 7.92. The van der Waals surface area contributed by atoms with Crippen LogP contribution >= 0.6 is 19.4 Å². The summed E-state index contributed by atoms with van der Waals surface area (Å²) in [6.07, 6.45) is 1.61. The average Bonchev–Trinajstić information content (AvgIpc) is 2.00. The van der Waals surface area contributed by atoms with Gasteiger partial charge in [0.2, 0.25) is 0 Å². The highest BCUT2D eigenvalue weighted by Gasteiger charge is 2.27. The molecule has 0 aliphatic heterocycles. The molecular formula is C10H21O3PS. The second-order valence-electron chi connectivity index (χ2n) is 3.71. The molecule has 0 rings (SSSR count). The molecule has 5 heteroatoms. The Balaban J connectivity index is 4.27. The Bertz CT molecular complexity index is 215. The molecule has 0 saturated carbocycles. The van der Waals surface area contributed by atoms with Gasteiger partial charge in [0.15, 0.2) is 0 Å². The first-order chi connectivity index (χ1) is 6.89. The van der Waals surface area contributed by atoms with Gasteiger partial charge in [-0.05, 0) is 27.7 Å². The van der Waals surface area contributed by atoms with Crippen molar-refractivity contribution in [2.24, 2.45) is 0 Å². The van der Waals surface area contributed by atoms with Crippen molar-refractivity contribution in [3.05, 3.63) is 12.7 Å². The van der Waals surface area contributed by atoms with Gasteiger partial charge in [-0.1, -0.05) is 6.08 Å². The van der Waals surface area contributed by atoms with E-state index < -0.39 is 7.60 Å². The third kappa shape index (κ3) is 8.09. The van der Waals surface area contributed by atoms with E-state index in [-0.39, 0.29) is 12.2 Å². The Kier molecular flexibility index (Phi) is 7.62. The lowest BCUT2D eigenvalue weighted by Gasteiger charge is -2.22. The first kappa shape index (κ1) is 15.2. The van der Waals surface area contributed by atoms with Crippen LogP contribution in [0.5, 0.6) is 0 Å². The van der Waals surface area contributed by atoms with Gasteiger partial charge in [0, 0.05) is 5.75 Å². The second-order valence-corrected chi connectivity index (χ2v) is 7.13. The van der Waals surface area contributed by atoms with Crippen molar-refractivity contribution in [2.45, 2.75) is 39.9 Å². The van der Waals surface area contributed by atoms with E-state index in [4.69, 9.17) is 9.05 Å². The Morgan fingerprint density at radius 1 is 1.27 bits per heavy atom. The fourth-order valence-corrected chi connectivity index (χ4v) is 4.28. The molecule has 0 heterocycles. The Hall–Kier alpha value is 0.240. The van der Waals surface area contributed by atoms with Crippen LogP contribution < -0.4 is 0 Å². The number of hydrogen-bond acceptors (Lipinski definition) is 4. The molecular weight excluding hydrogens is 231 g/mol. The van der Waals surface area contributed by atoms with Crippen molar-refractivity contribution in [3.63, 3.8) is 0 Å². The van der Waals surface area contributed by atoms with Gasteiger partial charge in [-0.15, -0.1) is 18.3 Å². The number of hydrogen-bond donors (Lipinski definition) is 0. The highest BCUT2D eigenvalue weighted by atomic mass is 32.2. The van der Waals surface area contributed by atoms with Crippen molar-refractivity contribution in [3.8, 4) is 0 Å². The van der Waals surface area contributed by atoms with E-state index in [1.54, 1.807) is 6.08 Å². The summed E-state index contributed by atoms with van der Waals surface area (Å²) in [6, 6.07) is 0. The number of thioether (sulfide) groups is 1. The minimum atomic E-state index is -2.95. The van der Waals surface area contributed by atoms with Crippen LogP contribution in [0.2, 0.25) is 0 Å². The predicted molar refractivity (Wildman–Crippen MR) is 67.6 cm³/mol. The Morgan fingerprint density at radius 3 is 2.07 bits per heavy atom. The zero-order valence-electron chi connectivity index (χ0n) is 9.93. The summed E-state index contributed by atoms with van der Waals surface area (Å²) < 4.78 is 23.0. The van der Waals surface area contributed by atoms with E-state index in [1.165, 1.54) is 11.8 Å². The van der Waals surface area contributed by atoms with E-state index in [9.17, 15) is 4.57 Å². The molecule has 0 spiro atoms. The normalized spacial score (nSPS) is 12.4. The molecule has 0 unspecified atom stereocenters. The van der Waals surface area contributed by atoms with Gasteiger partial charge in [0.1, 0.15) is 0 Å². The molecule has 90 valence electrons. The van der Waals surface area contributed by atoms with Gasteiger partial charge in [0.25, 0.3) is 0 Å². The monoisotopic (exact) mass is 252 g/mol.